The SMILES string of the molecule is COc1c(C)cnc(CN2CCC(N(C)C(=O)C(C)c3cccnc3)CC2)c1C. The van der Waals surface area contributed by atoms with Crippen LogP contribution in [0.2, 0.25) is 0 Å². The number of carbonyl (C=O) groups excluding carboxylic acids is 1. The number of rotatable bonds is 6. The van der Waals surface area contributed by atoms with Crippen molar-refractivity contribution < 1.29 is 9.53 Å². The first kappa shape index (κ1) is 21.2. The van der Waals surface area contributed by atoms with Crippen LogP contribution in [-0.2, 0) is 11.3 Å². The van der Waals surface area contributed by atoms with E-state index in [2.05, 4.69) is 21.8 Å². The molecule has 1 unspecified atom stereocenters. The number of likely N-dealkylation sites (tertiary alicyclic amines) is 1. The fourth-order valence-electron chi connectivity index (χ4n) is 4.17. The topological polar surface area (TPSA) is 58.6 Å². The molecule has 1 aliphatic heterocycles. The molecule has 0 N–H and O–H groups in total. The molecule has 1 aliphatic rings. The van der Waals surface area contributed by atoms with Gasteiger partial charge in [-0.2, -0.15) is 0 Å². The second-order valence-corrected chi connectivity index (χ2v) is 8.01. The number of aromatic nitrogens is 2. The van der Waals surface area contributed by atoms with Gasteiger partial charge in [0.2, 0.25) is 5.91 Å². The average molecular weight is 397 g/mol. The van der Waals surface area contributed by atoms with Crippen LogP contribution in [0.15, 0.2) is 30.7 Å². The molecule has 29 heavy (non-hydrogen) atoms. The second-order valence-electron chi connectivity index (χ2n) is 8.01. The van der Waals surface area contributed by atoms with Crippen LogP contribution in [0, 0.1) is 13.8 Å². The minimum Gasteiger partial charge on any atom is -0.496 e. The Labute approximate surface area is 173 Å². The van der Waals surface area contributed by atoms with Crippen LogP contribution in [0.4, 0.5) is 0 Å². The van der Waals surface area contributed by atoms with Gasteiger partial charge in [-0.3, -0.25) is 19.7 Å². The molecule has 1 saturated heterocycles. The van der Waals surface area contributed by atoms with Crippen molar-refractivity contribution in [3.63, 3.8) is 0 Å². The standard InChI is InChI=1S/C23H32N4O2/c1-16-13-25-21(18(3)22(16)29-5)15-27-11-8-20(9-12-27)26(4)23(28)17(2)19-7-6-10-24-14-19/h6-7,10,13-14,17,20H,8-9,11-12,15H2,1-5H3. The normalized spacial score (nSPS) is 16.4. The lowest BCUT2D eigenvalue weighted by Gasteiger charge is -2.37. The van der Waals surface area contributed by atoms with Gasteiger partial charge >= 0.3 is 0 Å². The van der Waals surface area contributed by atoms with E-state index in [0.29, 0.717) is 0 Å². The third-order valence-corrected chi connectivity index (χ3v) is 6.13. The molecule has 6 heteroatoms. The highest BCUT2D eigenvalue weighted by Gasteiger charge is 2.29. The van der Waals surface area contributed by atoms with E-state index in [4.69, 9.17) is 4.74 Å². The molecule has 1 atom stereocenters. The molecule has 0 spiro atoms. The summed E-state index contributed by atoms with van der Waals surface area (Å²) in [4.78, 5) is 26.1. The Morgan fingerprint density at radius 3 is 2.66 bits per heavy atom. The molecular weight excluding hydrogens is 364 g/mol. The van der Waals surface area contributed by atoms with Gasteiger partial charge in [-0.1, -0.05) is 6.07 Å². The van der Waals surface area contributed by atoms with Gasteiger partial charge in [0, 0.05) is 62.4 Å². The predicted octanol–water partition coefficient (Wildman–Crippen LogP) is 3.33. The quantitative estimate of drug-likeness (QED) is 0.750. The van der Waals surface area contributed by atoms with Crippen LogP contribution in [-0.4, -0.2) is 59.0 Å². The fourth-order valence-corrected chi connectivity index (χ4v) is 4.17. The molecule has 156 valence electrons. The summed E-state index contributed by atoms with van der Waals surface area (Å²) < 4.78 is 5.53. The van der Waals surface area contributed by atoms with Gasteiger partial charge in [0.05, 0.1) is 18.7 Å². The van der Waals surface area contributed by atoms with Gasteiger partial charge in [-0.25, -0.2) is 0 Å². The lowest BCUT2D eigenvalue weighted by Crippen LogP contribution is -2.46. The van der Waals surface area contributed by atoms with E-state index in [1.54, 1.807) is 19.5 Å². The van der Waals surface area contributed by atoms with Crippen molar-refractivity contribution in [2.24, 2.45) is 0 Å². The van der Waals surface area contributed by atoms with E-state index in [9.17, 15) is 4.79 Å². The number of methoxy groups -OCH3 is 1. The molecule has 0 bridgehead atoms. The summed E-state index contributed by atoms with van der Waals surface area (Å²) in [7, 11) is 3.65. The Hall–Kier alpha value is -2.47. The number of amides is 1. The Morgan fingerprint density at radius 1 is 1.31 bits per heavy atom. The van der Waals surface area contributed by atoms with E-state index in [0.717, 1.165) is 60.6 Å². The molecular formula is C23H32N4O2. The molecule has 1 fully saturated rings. The molecule has 0 aromatic carbocycles. The zero-order chi connectivity index (χ0) is 21.0. The number of hydrogen-bond acceptors (Lipinski definition) is 5. The highest BCUT2D eigenvalue weighted by Crippen LogP contribution is 2.26. The van der Waals surface area contributed by atoms with Gasteiger partial charge in [0.25, 0.3) is 0 Å². The Bertz CT molecular complexity index is 832. The molecule has 3 rings (SSSR count). The smallest absolute Gasteiger partial charge is 0.229 e. The maximum atomic E-state index is 12.9. The summed E-state index contributed by atoms with van der Waals surface area (Å²) in [5.41, 5.74) is 4.22. The van der Waals surface area contributed by atoms with E-state index in [1.807, 2.05) is 44.1 Å². The van der Waals surface area contributed by atoms with Crippen molar-refractivity contribution in [3.8, 4) is 5.75 Å². The minimum absolute atomic E-state index is 0.164. The Balaban J connectivity index is 1.57. The number of hydrogen-bond donors (Lipinski definition) is 0. The average Bonchev–Trinajstić information content (AvgIpc) is 2.75. The van der Waals surface area contributed by atoms with Gasteiger partial charge in [0.15, 0.2) is 0 Å². The maximum absolute atomic E-state index is 12.9. The Kier molecular flexibility index (Phi) is 6.85. The first-order chi connectivity index (χ1) is 13.9. The van der Waals surface area contributed by atoms with Crippen molar-refractivity contribution in [1.29, 1.82) is 0 Å². The molecule has 2 aromatic heterocycles. The molecule has 1 amide bonds. The monoisotopic (exact) mass is 396 g/mol. The van der Waals surface area contributed by atoms with Gasteiger partial charge in [-0.05, 0) is 45.2 Å². The number of aryl methyl sites for hydroxylation is 1. The minimum atomic E-state index is -0.168. The summed E-state index contributed by atoms with van der Waals surface area (Å²) in [5, 5.41) is 0. The first-order valence-electron chi connectivity index (χ1n) is 10.3. The van der Waals surface area contributed by atoms with Crippen LogP contribution < -0.4 is 4.74 Å². The summed E-state index contributed by atoms with van der Waals surface area (Å²) in [6, 6.07) is 4.13. The highest BCUT2D eigenvalue weighted by molar-refractivity contribution is 5.83. The van der Waals surface area contributed by atoms with Crippen LogP contribution in [0.25, 0.3) is 0 Å². The number of nitrogens with zero attached hydrogens (tertiary/aromatic N) is 4. The Morgan fingerprint density at radius 2 is 2.03 bits per heavy atom. The molecule has 6 nitrogen and oxygen atoms in total. The second kappa shape index (κ2) is 9.35. The summed E-state index contributed by atoms with van der Waals surface area (Å²) >= 11 is 0. The van der Waals surface area contributed by atoms with Crippen LogP contribution in [0.5, 0.6) is 5.75 Å². The number of pyridine rings is 2. The highest BCUT2D eigenvalue weighted by atomic mass is 16.5. The largest absolute Gasteiger partial charge is 0.496 e. The van der Waals surface area contributed by atoms with Gasteiger partial charge in [0.1, 0.15) is 5.75 Å². The van der Waals surface area contributed by atoms with Crippen molar-refractivity contribution >= 4 is 5.91 Å². The maximum Gasteiger partial charge on any atom is 0.229 e. The summed E-state index contributed by atoms with van der Waals surface area (Å²) in [6.45, 7) is 8.80. The molecule has 2 aromatic rings. The van der Waals surface area contributed by atoms with Crippen molar-refractivity contribution in [2.75, 3.05) is 27.2 Å². The van der Waals surface area contributed by atoms with E-state index < -0.39 is 0 Å². The van der Waals surface area contributed by atoms with Crippen molar-refractivity contribution in [3.05, 3.63) is 53.1 Å². The van der Waals surface area contributed by atoms with E-state index in [1.165, 1.54) is 0 Å². The fraction of sp³-hybridized carbons (Fsp3) is 0.522. The third kappa shape index (κ3) is 4.75. The number of likely N-dealkylation sites (N-methyl/N-ethyl adjacent to an activating group) is 1. The number of carbonyl (C=O) groups is 1. The predicted molar refractivity (Wildman–Crippen MR) is 114 cm³/mol. The lowest BCUT2D eigenvalue weighted by molar-refractivity contribution is -0.134. The van der Waals surface area contributed by atoms with Crippen LogP contribution in [0.3, 0.4) is 0 Å². The van der Waals surface area contributed by atoms with Gasteiger partial charge in [-0.15, -0.1) is 0 Å². The zero-order valence-corrected chi connectivity index (χ0v) is 18.2. The van der Waals surface area contributed by atoms with E-state index in [-0.39, 0.29) is 17.9 Å². The van der Waals surface area contributed by atoms with Crippen LogP contribution in [0.1, 0.15) is 48.1 Å². The molecule has 0 saturated carbocycles. The number of ether oxygens (including phenoxy) is 1. The lowest BCUT2D eigenvalue weighted by atomic mass is 9.98. The molecule has 0 aliphatic carbocycles. The number of piperidine rings is 1. The summed E-state index contributed by atoms with van der Waals surface area (Å²) in [6.07, 6.45) is 7.36. The van der Waals surface area contributed by atoms with E-state index >= 15 is 0 Å². The van der Waals surface area contributed by atoms with Crippen molar-refractivity contribution in [1.82, 2.24) is 19.8 Å². The first-order valence-corrected chi connectivity index (χ1v) is 10.3. The van der Waals surface area contributed by atoms with Gasteiger partial charge < -0.3 is 9.64 Å². The zero-order valence-electron chi connectivity index (χ0n) is 18.2. The molecule has 3 heterocycles. The summed E-state index contributed by atoms with van der Waals surface area (Å²) in [5.74, 6) is 0.926. The molecule has 0 radical (unpaired) electrons. The van der Waals surface area contributed by atoms with Crippen LogP contribution >= 0.6 is 0 Å². The van der Waals surface area contributed by atoms with Crippen molar-refractivity contribution in [2.45, 2.75) is 52.1 Å². The third-order valence-electron chi connectivity index (χ3n) is 6.13.